The van der Waals surface area contributed by atoms with Crippen LogP contribution in [0.2, 0.25) is 0 Å². The molecule has 2 aromatic carbocycles. The van der Waals surface area contributed by atoms with Crippen LogP contribution in [-0.2, 0) is 16.1 Å². The van der Waals surface area contributed by atoms with Gasteiger partial charge in [0.05, 0.1) is 6.04 Å². The number of likely N-dealkylation sites (tertiary alicyclic amines) is 1. The molecule has 2 aliphatic rings. The number of nitrogens with zero attached hydrogens (tertiary/aromatic N) is 2. The van der Waals surface area contributed by atoms with Crippen LogP contribution in [0.3, 0.4) is 0 Å². The molecule has 5 heteroatoms. The summed E-state index contributed by atoms with van der Waals surface area (Å²) >= 11 is 0. The standard InChI is InChI=1S/C26H33N3O2/c1-3-23-16-25(27-18-30)24-15-22(11-12-26(24)29(23)19(2)31)21-9-7-20(8-10-21)17-28-13-5-4-6-14-28/h7-12,15,18,23,25H,3-6,13-14,16-17H2,1-2H3,(H,27,30). The second kappa shape index (κ2) is 9.65. The number of nitrogens with one attached hydrogen (secondary N) is 1. The van der Waals surface area contributed by atoms with E-state index in [1.165, 1.54) is 37.9 Å². The maximum Gasteiger partial charge on any atom is 0.224 e. The quantitative estimate of drug-likeness (QED) is 0.693. The lowest BCUT2D eigenvalue weighted by molar-refractivity contribution is -0.117. The highest BCUT2D eigenvalue weighted by Crippen LogP contribution is 2.40. The molecule has 164 valence electrons. The lowest BCUT2D eigenvalue weighted by Crippen LogP contribution is -2.45. The van der Waals surface area contributed by atoms with Crippen molar-refractivity contribution in [3.63, 3.8) is 0 Å². The summed E-state index contributed by atoms with van der Waals surface area (Å²) in [6.07, 6.45) is 6.33. The zero-order chi connectivity index (χ0) is 21.8. The second-order valence-corrected chi connectivity index (χ2v) is 8.83. The first-order chi connectivity index (χ1) is 15.1. The Morgan fingerprint density at radius 1 is 1.06 bits per heavy atom. The number of carbonyl (C=O) groups is 2. The minimum atomic E-state index is -0.0774. The number of hydrogen-bond donors (Lipinski definition) is 1. The molecule has 2 unspecified atom stereocenters. The van der Waals surface area contributed by atoms with Crippen molar-refractivity contribution in [2.24, 2.45) is 0 Å². The summed E-state index contributed by atoms with van der Waals surface area (Å²) in [5, 5.41) is 2.97. The number of benzene rings is 2. The molecule has 0 aromatic heterocycles. The Kier molecular flexibility index (Phi) is 6.71. The molecule has 4 rings (SSSR count). The van der Waals surface area contributed by atoms with E-state index in [1.807, 2.05) is 11.0 Å². The highest BCUT2D eigenvalue weighted by molar-refractivity contribution is 5.94. The van der Waals surface area contributed by atoms with Crippen molar-refractivity contribution < 1.29 is 9.59 Å². The van der Waals surface area contributed by atoms with Gasteiger partial charge in [0.15, 0.2) is 0 Å². The van der Waals surface area contributed by atoms with E-state index in [0.29, 0.717) is 0 Å². The molecule has 1 fully saturated rings. The highest BCUT2D eigenvalue weighted by Gasteiger charge is 2.33. The van der Waals surface area contributed by atoms with E-state index in [-0.39, 0.29) is 18.0 Å². The first-order valence-electron chi connectivity index (χ1n) is 11.6. The fourth-order valence-electron chi connectivity index (χ4n) is 5.13. The van der Waals surface area contributed by atoms with Gasteiger partial charge < -0.3 is 10.2 Å². The molecule has 2 aliphatic heterocycles. The minimum Gasteiger partial charge on any atom is -0.352 e. The van der Waals surface area contributed by atoms with Crippen LogP contribution in [0.15, 0.2) is 42.5 Å². The van der Waals surface area contributed by atoms with Gasteiger partial charge in [-0.1, -0.05) is 43.7 Å². The van der Waals surface area contributed by atoms with Crippen LogP contribution in [0.4, 0.5) is 5.69 Å². The van der Waals surface area contributed by atoms with Gasteiger partial charge in [0, 0.05) is 25.2 Å². The smallest absolute Gasteiger partial charge is 0.224 e. The van der Waals surface area contributed by atoms with Crippen LogP contribution in [0, 0.1) is 0 Å². The van der Waals surface area contributed by atoms with Crippen molar-refractivity contribution in [1.29, 1.82) is 0 Å². The predicted octanol–water partition coefficient (Wildman–Crippen LogP) is 4.66. The number of carbonyl (C=O) groups excluding carboxylic acids is 2. The van der Waals surface area contributed by atoms with Crippen LogP contribution in [0.5, 0.6) is 0 Å². The van der Waals surface area contributed by atoms with E-state index in [0.717, 1.165) is 48.2 Å². The molecule has 31 heavy (non-hydrogen) atoms. The Morgan fingerprint density at radius 2 is 1.77 bits per heavy atom. The first kappa shape index (κ1) is 21.6. The Bertz CT molecular complexity index is 919. The van der Waals surface area contributed by atoms with Crippen molar-refractivity contribution in [1.82, 2.24) is 10.2 Å². The fourth-order valence-corrected chi connectivity index (χ4v) is 5.13. The van der Waals surface area contributed by atoms with Crippen LogP contribution in [0.25, 0.3) is 11.1 Å². The molecule has 2 atom stereocenters. The zero-order valence-electron chi connectivity index (χ0n) is 18.6. The van der Waals surface area contributed by atoms with E-state index >= 15 is 0 Å². The maximum atomic E-state index is 12.4. The van der Waals surface area contributed by atoms with Crippen LogP contribution in [-0.4, -0.2) is 36.3 Å². The summed E-state index contributed by atoms with van der Waals surface area (Å²) in [6.45, 7) is 7.12. The van der Waals surface area contributed by atoms with Crippen LogP contribution < -0.4 is 10.2 Å². The average molecular weight is 420 g/mol. The second-order valence-electron chi connectivity index (χ2n) is 8.83. The van der Waals surface area contributed by atoms with Gasteiger partial charge in [-0.05, 0) is 73.2 Å². The third kappa shape index (κ3) is 4.67. The van der Waals surface area contributed by atoms with Crippen molar-refractivity contribution in [2.75, 3.05) is 18.0 Å². The van der Waals surface area contributed by atoms with Crippen molar-refractivity contribution in [3.8, 4) is 11.1 Å². The van der Waals surface area contributed by atoms with Crippen molar-refractivity contribution in [3.05, 3.63) is 53.6 Å². The Balaban J connectivity index is 1.61. The van der Waals surface area contributed by atoms with E-state index in [1.54, 1.807) is 6.92 Å². The minimum absolute atomic E-state index is 0.0486. The average Bonchev–Trinajstić information content (AvgIpc) is 2.79. The Morgan fingerprint density at radius 3 is 2.42 bits per heavy atom. The van der Waals surface area contributed by atoms with E-state index in [2.05, 4.69) is 53.5 Å². The summed E-state index contributed by atoms with van der Waals surface area (Å²) in [5.41, 5.74) is 5.54. The van der Waals surface area contributed by atoms with Crippen molar-refractivity contribution in [2.45, 2.75) is 64.6 Å². The molecular weight excluding hydrogens is 386 g/mol. The molecule has 0 bridgehead atoms. The normalized spacial score (nSPS) is 21.4. The predicted molar refractivity (Wildman–Crippen MR) is 125 cm³/mol. The molecule has 1 saturated heterocycles. The first-order valence-corrected chi connectivity index (χ1v) is 11.6. The van der Waals surface area contributed by atoms with Gasteiger partial charge in [-0.3, -0.25) is 14.5 Å². The van der Waals surface area contributed by atoms with E-state index in [4.69, 9.17) is 0 Å². The van der Waals surface area contributed by atoms with E-state index < -0.39 is 0 Å². The highest BCUT2D eigenvalue weighted by atomic mass is 16.2. The third-order valence-electron chi connectivity index (χ3n) is 6.76. The third-order valence-corrected chi connectivity index (χ3v) is 6.76. The van der Waals surface area contributed by atoms with Gasteiger partial charge in [-0.2, -0.15) is 0 Å². The molecule has 2 amide bonds. The lowest BCUT2D eigenvalue weighted by atomic mass is 9.87. The van der Waals surface area contributed by atoms with Gasteiger partial charge in [0.25, 0.3) is 0 Å². The summed E-state index contributed by atoms with van der Waals surface area (Å²) in [6, 6.07) is 15.1. The van der Waals surface area contributed by atoms with Gasteiger partial charge in [-0.25, -0.2) is 0 Å². The number of hydrogen-bond acceptors (Lipinski definition) is 3. The van der Waals surface area contributed by atoms with Crippen LogP contribution in [0.1, 0.15) is 63.1 Å². The number of amides is 2. The lowest BCUT2D eigenvalue weighted by Gasteiger charge is -2.40. The molecule has 2 heterocycles. The molecule has 5 nitrogen and oxygen atoms in total. The molecular formula is C26H33N3O2. The molecule has 0 aliphatic carbocycles. The van der Waals surface area contributed by atoms with E-state index in [9.17, 15) is 9.59 Å². The zero-order valence-corrected chi connectivity index (χ0v) is 18.6. The molecule has 0 saturated carbocycles. The van der Waals surface area contributed by atoms with Crippen LogP contribution >= 0.6 is 0 Å². The SMILES string of the molecule is CCC1CC(NC=O)c2cc(-c3ccc(CN4CCCCC4)cc3)ccc2N1C(C)=O. The fraction of sp³-hybridized carbons (Fsp3) is 0.462. The van der Waals surface area contributed by atoms with Crippen molar-refractivity contribution >= 4 is 18.0 Å². The van der Waals surface area contributed by atoms with Gasteiger partial charge in [0.1, 0.15) is 0 Å². The summed E-state index contributed by atoms with van der Waals surface area (Å²) < 4.78 is 0. The topological polar surface area (TPSA) is 52.7 Å². The summed E-state index contributed by atoms with van der Waals surface area (Å²) in [7, 11) is 0. The summed E-state index contributed by atoms with van der Waals surface area (Å²) in [4.78, 5) is 28.1. The van der Waals surface area contributed by atoms with Gasteiger partial charge >= 0.3 is 0 Å². The number of fused-ring (bicyclic) bond motifs is 1. The number of rotatable bonds is 6. The molecule has 0 radical (unpaired) electrons. The number of piperidine rings is 1. The molecule has 2 aromatic rings. The van der Waals surface area contributed by atoms with Gasteiger partial charge in [0.2, 0.25) is 12.3 Å². The Labute approximate surface area is 185 Å². The summed E-state index contributed by atoms with van der Waals surface area (Å²) in [5.74, 6) is 0.0486. The molecule has 0 spiro atoms. The monoisotopic (exact) mass is 419 g/mol. The maximum absolute atomic E-state index is 12.4. The largest absolute Gasteiger partial charge is 0.352 e. The molecule has 1 N–H and O–H groups in total. The number of anilines is 1. The Hall–Kier alpha value is -2.66. The van der Waals surface area contributed by atoms with Gasteiger partial charge in [-0.15, -0.1) is 0 Å².